The van der Waals surface area contributed by atoms with Crippen LogP contribution < -0.4 is 0 Å². The molecule has 0 spiro atoms. The molecule has 0 amide bonds. The molecule has 0 aliphatic heterocycles. The van der Waals surface area contributed by atoms with Crippen LogP contribution in [0.15, 0.2) is 30.3 Å². The summed E-state index contributed by atoms with van der Waals surface area (Å²) in [6, 6.07) is 10.2. The van der Waals surface area contributed by atoms with Gasteiger partial charge in [-0.3, -0.25) is 0 Å². The first-order chi connectivity index (χ1) is 10.4. The normalized spacial score (nSPS) is 15.6. The van der Waals surface area contributed by atoms with Gasteiger partial charge < -0.3 is 14.5 Å². The van der Waals surface area contributed by atoms with E-state index < -0.39 is 0 Å². The molecule has 3 nitrogen and oxygen atoms in total. The standard InChI is InChI=1S/C17H30BO3P/c1-13(2)12-20-17(14(3)21-18(4)22)16(11-19)10-15-8-6-5-7-9-15/h5-9,13-14,16-17,19H,10-12,22H2,1-4H3. The predicted molar refractivity (Wildman–Crippen MR) is 97.2 cm³/mol. The molecule has 0 aromatic heterocycles. The fourth-order valence-corrected chi connectivity index (χ4v) is 2.82. The Kier molecular flexibility index (Phi) is 9.27. The molecule has 0 aliphatic carbocycles. The number of rotatable bonds is 10. The van der Waals surface area contributed by atoms with E-state index in [1.54, 1.807) is 0 Å². The van der Waals surface area contributed by atoms with Crippen molar-refractivity contribution >= 4 is 15.8 Å². The Bertz CT molecular complexity index is 400. The van der Waals surface area contributed by atoms with Gasteiger partial charge in [0.25, 0.3) is 0 Å². The van der Waals surface area contributed by atoms with Crippen LogP contribution in [-0.2, 0) is 15.8 Å². The molecule has 0 bridgehead atoms. The molecular weight excluding hydrogens is 294 g/mol. The highest BCUT2D eigenvalue weighted by atomic mass is 31.0. The molecule has 5 heteroatoms. The summed E-state index contributed by atoms with van der Waals surface area (Å²) in [7, 11) is 2.65. The number of benzene rings is 1. The largest absolute Gasteiger partial charge is 0.427 e. The number of aliphatic hydroxyl groups is 1. The van der Waals surface area contributed by atoms with Gasteiger partial charge in [-0.2, -0.15) is 0 Å². The van der Waals surface area contributed by atoms with E-state index in [1.165, 1.54) is 5.56 Å². The van der Waals surface area contributed by atoms with E-state index in [4.69, 9.17) is 9.39 Å². The summed E-state index contributed by atoms with van der Waals surface area (Å²) >= 11 is 0. The minimum Gasteiger partial charge on any atom is -0.427 e. The first-order valence-electron chi connectivity index (χ1n) is 8.11. The van der Waals surface area contributed by atoms with Gasteiger partial charge in [-0.05, 0) is 24.8 Å². The smallest absolute Gasteiger partial charge is 0.312 e. The van der Waals surface area contributed by atoms with Crippen LogP contribution in [0.3, 0.4) is 0 Å². The van der Waals surface area contributed by atoms with Gasteiger partial charge in [0.1, 0.15) is 0 Å². The second kappa shape index (κ2) is 10.4. The first-order valence-corrected chi connectivity index (χ1v) is 8.78. The molecule has 124 valence electrons. The van der Waals surface area contributed by atoms with Gasteiger partial charge in [-0.15, -0.1) is 9.12 Å². The van der Waals surface area contributed by atoms with Gasteiger partial charge >= 0.3 is 6.64 Å². The van der Waals surface area contributed by atoms with Crippen LogP contribution in [0.5, 0.6) is 0 Å². The van der Waals surface area contributed by atoms with Crippen LogP contribution in [-0.4, -0.2) is 37.2 Å². The predicted octanol–water partition coefficient (Wildman–Crippen LogP) is 3.28. The van der Waals surface area contributed by atoms with E-state index in [2.05, 4.69) is 35.1 Å². The summed E-state index contributed by atoms with van der Waals surface area (Å²) in [5.41, 5.74) is 1.21. The van der Waals surface area contributed by atoms with Gasteiger partial charge in [0.2, 0.25) is 0 Å². The summed E-state index contributed by atoms with van der Waals surface area (Å²) in [6.45, 7) is 9.12. The third kappa shape index (κ3) is 7.24. The van der Waals surface area contributed by atoms with Crippen molar-refractivity contribution in [1.29, 1.82) is 0 Å². The maximum Gasteiger partial charge on any atom is 0.312 e. The van der Waals surface area contributed by atoms with Gasteiger partial charge in [0.05, 0.1) is 12.2 Å². The maximum absolute atomic E-state index is 9.87. The number of ether oxygens (including phenoxy) is 1. The van der Waals surface area contributed by atoms with Crippen LogP contribution >= 0.6 is 9.12 Å². The molecule has 1 aromatic rings. The van der Waals surface area contributed by atoms with Crippen LogP contribution in [0, 0.1) is 11.8 Å². The second-order valence-electron chi connectivity index (χ2n) is 6.37. The molecule has 0 fully saturated rings. The minimum absolute atomic E-state index is 0.0277. The second-order valence-corrected chi connectivity index (χ2v) is 7.31. The molecule has 0 aliphatic rings. The molecule has 22 heavy (non-hydrogen) atoms. The molecule has 1 aromatic carbocycles. The molecule has 0 saturated heterocycles. The first kappa shape index (κ1) is 19.6. The van der Waals surface area contributed by atoms with E-state index in [0.717, 1.165) is 6.42 Å². The third-order valence-corrected chi connectivity index (χ3v) is 3.71. The van der Waals surface area contributed by atoms with Crippen molar-refractivity contribution < 1.29 is 14.5 Å². The Labute approximate surface area is 138 Å². The van der Waals surface area contributed by atoms with Gasteiger partial charge in [0, 0.05) is 19.1 Å². The molecule has 0 radical (unpaired) electrons. The lowest BCUT2D eigenvalue weighted by atomic mass is 9.90. The maximum atomic E-state index is 9.87. The quantitative estimate of drug-likeness (QED) is 0.530. The van der Waals surface area contributed by atoms with Crippen molar-refractivity contribution in [3.8, 4) is 0 Å². The van der Waals surface area contributed by atoms with Crippen molar-refractivity contribution in [3.63, 3.8) is 0 Å². The highest BCUT2D eigenvalue weighted by molar-refractivity contribution is 7.60. The lowest BCUT2D eigenvalue weighted by Crippen LogP contribution is -2.41. The van der Waals surface area contributed by atoms with E-state index in [1.807, 2.05) is 31.9 Å². The Morgan fingerprint density at radius 2 is 1.82 bits per heavy atom. The van der Waals surface area contributed by atoms with Crippen LogP contribution in [0.2, 0.25) is 6.82 Å². The number of hydrogen-bond donors (Lipinski definition) is 1. The summed E-state index contributed by atoms with van der Waals surface area (Å²) in [5.74, 6) is 0.485. The highest BCUT2D eigenvalue weighted by Gasteiger charge is 2.29. The zero-order chi connectivity index (χ0) is 16.5. The fourth-order valence-electron chi connectivity index (χ4n) is 2.58. The molecular formula is C17H30BO3P. The van der Waals surface area contributed by atoms with Gasteiger partial charge in [-0.25, -0.2) is 0 Å². The van der Waals surface area contributed by atoms with Crippen molar-refractivity contribution in [2.24, 2.45) is 11.8 Å². The van der Waals surface area contributed by atoms with Crippen molar-refractivity contribution in [2.45, 2.75) is 46.2 Å². The summed E-state index contributed by atoms with van der Waals surface area (Å²) in [5, 5.41) is 9.87. The minimum atomic E-state index is -0.115. The topological polar surface area (TPSA) is 38.7 Å². The van der Waals surface area contributed by atoms with Gasteiger partial charge in [0.15, 0.2) is 0 Å². The fraction of sp³-hybridized carbons (Fsp3) is 0.647. The molecule has 1 N–H and O–H groups in total. The third-order valence-electron chi connectivity index (χ3n) is 3.55. The molecule has 4 atom stereocenters. The van der Waals surface area contributed by atoms with E-state index in [9.17, 15) is 5.11 Å². The Balaban J connectivity index is 2.79. The van der Waals surface area contributed by atoms with Crippen LogP contribution in [0.25, 0.3) is 0 Å². The molecule has 4 unspecified atom stereocenters. The van der Waals surface area contributed by atoms with Crippen molar-refractivity contribution in [3.05, 3.63) is 35.9 Å². The van der Waals surface area contributed by atoms with Crippen molar-refractivity contribution in [1.82, 2.24) is 0 Å². The monoisotopic (exact) mass is 324 g/mol. The average Bonchev–Trinajstić information content (AvgIpc) is 2.46. The lowest BCUT2D eigenvalue weighted by Gasteiger charge is -2.32. The Hall–Kier alpha value is -0.405. The molecule has 0 saturated carbocycles. The van der Waals surface area contributed by atoms with Crippen LogP contribution in [0.1, 0.15) is 26.3 Å². The SMILES string of the molecule is CB(P)OC(C)C(OCC(C)C)C(CO)Cc1ccccc1. The Morgan fingerprint density at radius 1 is 1.18 bits per heavy atom. The molecule has 1 rings (SSSR count). The van der Waals surface area contributed by atoms with E-state index in [0.29, 0.717) is 12.5 Å². The van der Waals surface area contributed by atoms with E-state index in [-0.39, 0.29) is 31.4 Å². The zero-order valence-corrected chi connectivity index (χ0v) is 15.4. The zero-order valence-electron chi connectivity index (χ0n) is 14.2. The summed E-state index contributed by atoms with van der Waals surface area (Å²) in [6.07, 6.45) is 0.613. The van der Waals surface area contributed by atoms with E-state index >= 15 is 0 Å². The average molecular weight is 324 g/mol. The summed E-state index contributed by atoms with van der Waals surface area (Å²) < 4.78 is 12.0. The summed E-state index contributed by atoms with van der Waals surface area (Å²) in [4.78, 5) is 0. The lowest BCUT2D eigenvalue weighted by molar-refractivity contribution is -0.0716. The number of hydrogen-bond acceptors (Lipinski definition) is 3. The highest BCUT2D eigenvalue weighted by Crippen LogP contribution is 2.21. The van der Waals surface area contributed by atoms with Crippen LogP contribution in [0.4, 0.5) is 0 Å². The van der Waals surface area contributed by atoms with Crippen molar-refractivity contribution in [2.75, 3.05) is 13.2 Å². The van der Waals surface area contributed by atoms with Gasteiger partial charge in [-0.1, -0.05) is 51.0 Å². The molecule has 0 heterocycles. The Morgan fingerprint density at radius 3 is 2.32 bits per heavy atom. The number of aliphatic hydroxyl groups excluding tert-OH is 1.